The molecule has 0 amide bonds. The summed E-state index contributed by atoms with van der Waals surface area (Å²) >= 11 is 6.47. The van der Waals surface area contributed by atoms with Crippen molar-refractivity contribution in [2.75, 3.05) is 33.4 Å². The van der Waals surface area contributed by atoms with Crippen LogP contribution in [0.15, 0.2) is 36.7 Å². The Balaban J connectivity index is 0.00000261. The van der Waals surface area contributed by atoms with Gasteiger partial charge in [-0.25, -0.2) is 0 Å². The first-order chi connectivity index (χ1) is 12.7. The van der Waals surface area contributed by atoms with Gasteiger partial charge in [-0.05, 0) is 35.7 Å². The van der Waals surface area contributed by atoms with Crippen molar-refractivity contribution >= 4 is 24.0 Å². The summed E-state index contributed by atoms with van der Waals surface area (Å²) in [6.45, 7) is 6.33. The van der Waals surface area contributed by atoms with Gasteiger partial charge in [-0.1, -0.05) is 24.6 Å². The molecule has 27 heavy (non-hydrogen) atoms. The van der Waals surface area contributed by atoms with Crippen LogP contribution in [-0.4, -0.2) is 43.2 Å². The van der Waals surface area contributed by atoms with Crippen molar-refractivity contribution in [1.29, 1.82) is 0 Å². The van der Waals surface area contributed by atoms with E-state index in [-0.39, 0.29) is 12.4 Å². The Labute approximate surface area is 172 Å². The normalized spacial score (nSPS) is 17.2. The van der Waals surface area contributed by atoms with E-state index in [2.05, 4.69) is 28.2 Å². The molecule has 1 aliphatic heterocycles. The lowest BCUT2D eigenvalue weighted by molar-refractivity contribution is 0.153. The molecule has 0 saturated carbocycles. The summed E-state index contributed by atoms with van der Waals surface area (Å²) in [7, 11) is 1.65. The fraction of sp³-hybridized carbons (Fsp3) is 0.450. The first kappa shape index (κ1) is 21.8. The number of pyridine rings is 1. The highest BCUT2D eigenvalue weighted by atomic mass is 35.5. The molecule has 3 rings (SSSR count). The van der Waals surface area contributed by atoms with E-state index in [0.29, 0.717) is 29.2 Å². The third-order valence-electron chi connectivity index (χ3n) is 4.55. The van der Waals surface area contributed by atoms with Crippen LogP contribution in [-0.2, 0) is 6.54 Å². The summed E-state index contributed by atoms with van der Waals surface area (Å²) in [5, 5.41) is 4.07. The van der Waals surface area contributed by atoms with Crippen LogP contribution in [0.3, 0.4) is 0 Å². The van der Waals surface area contributed by atoms with Crippen LogP contribution < -0.4 is 14.8 Å². The van der Waals surface area contributed by atoms with Crippen molar-refractivity contribution in [2.24, 2.45) is 0 Å². The quantitative estimate of drug-likeness (QED) is 0.742. The summed E-state index contributed by atoms with van der Waals surface area (Å²) in [5.74, 6) is 1.32. The van der Waals surface area contributed by atoms with Crippen LogP contribution in [0.2, 0.25) is 5.02 Å². The average Bonchev–Trinajstić information content (AvgIpc) is 2.68. The van der Waals surface area contributed by atoms with Crippen LogP contribution in [0.25, 0.3) is 0 Å². The fourth-order valence-electron chi connectivity index (χ4n) is 3.28. The number of aromatic nitrogens is 1. The summed E-state index contributed by atoms with van der Waals surface area (Å²) in [6.07, 6.45) is 4.68. The van der Waals surface area contributed by atoms with Crippen molar-refractivity contribution in [3.63, 3.8) is 0 Å². The standard InChI is InChI=1S/C20H26ClN3O2.ClH/c1-3-9-26-20-17(21)10-15(11-19(20)25-2)14-24-8-7-23-13-18(24)16-5-4-6-22-12-16;/h4-6,10-12,18,23H,3,7-9,13-14H2,1-2H3;1H. The van der Waals surface area contributed by atoms with E-state index in [1.54, 1.807) is 7.11 Å². The van der Waals surface area contributed by atoms with Crippen LogP contribution in [0, 0.1) is 0 Å². The van der Waals surface area contributed by atoms with Crippen LogP contribution >= 0.6 is 24.0 Å². The maximum Gasteiger partial charge on any atom is 0.179 e. The molecule has 1 aromatic heterocycles. The second kappa shape index (κ2) is 10.7. The summed E-state index contributed by atoms with van der Waals surface area (Å²) in [4.78, 5) is 6.72. The van der Waals surface area contributed by atoms with Crippen molar-refractivity contribution in [3.05, 3.63) is 52.8 Å². The Morgan fingerprint density at radius 1 is 1.37 bits per heavy atom. The Morgan fingerprint density at radius 2 is 2.22 bits per heavy atom. The molecule has 1 aromatic carbocycles. The minimum absolute atomic E-state index is 0. The molecule has 2 heterocycles. The molecule has 0 aliphatic carbocycles. The predicted octanol–water partition coefficient (Wildman–Crippen LogP) is 4.10. The van der Waals surface area contributed by atoms with Gasteiger partial charge in [-0.2, -0.15) is 0 Å². The predicted molar refractivity (Wildman–Crippen MR) is 111 cm³/mol. The third-order valence-corrected chi connectivity index (χ3v) is 4.83. The average molecular weight is 412 g/mol. The smallest absolute Gasteiger partial charge is 0.179 e. The Morgan fingerprint density at radius 3 is 2.93 bits per heavy atom. The van der Waals surface area contributed by atoms with Crippen LogP contribution in [0.5, 0.6) is 11.5 Å². The van der Waals surface area contributed by atoms with Gasteiger partial charge in [0.15, 0.2) is 11.5 Å². The zero-order chi connectivity index (χ0) is 18.4. The van der Waals surface area contributed by atoms with Gasteiger partial charge in [0.2, 0.25) is 0 Å². The number of halogens is 2. The lowest BCUT2D eigenvalue weighted by atomic mass is 10.0. The maximum absolute atomic E-state index is 6.47. The summed E-state index contributed by atoms with van der Waals surface area (Å²) in [6, 6.07) is 8.42. The van der Waals surface area contributed by atoms with Crippen molar-refractivity contribution < 1.29 is 9.47 Å². The van der Waals surface area contributed by atoms with Crippen LogP contribution in [0.1, 0.15) is 30.5 Å². The van der Waals surface area contributed by atoms with Crippen LogP contribution in [0.4, 0.5) is 0 Å². The molecular formula is C20H27Cl2N3O2. The largest absolute Gasteiger partial charge is 0.493 e. The molecule has 0 radical (unpaired) electrons. The summed E-state index contributed by atoms with van der Waals surface area (Å²) in [5.41, 5.74) is 2.34. The minimum atomic E-state index is 0. The van der Waals surface area contributed by atoms with Gasteiger partial charge in [0.1, 0.15) is 0 Å². The van der Waals surface area contributed by atoms with E-state index in [0.717, 1.165) is 38.2 Å². The molecule has 2 aromatic rings. The fourth-order valence-corrected chi connectivity index (χ4v) is 3.57. The first-order valence-corrected chi connectivity index (χ1v) is 9.44. The SMILES string of the molecule is CCCOc1c(Cl)cc(CN2CCNCC2c2cccnc2)cc1OC.Cl. The highest BCUT2D eigenvalue weighted by Crippen LogP contribution is 2.37. The number of methoxy groups -OCH3 is 1. The second-order valence-corrected chi connectivity index (χ2v) is 6.84. The van der Waals surface area contributed by atoms with Gasteiger partial charge in [-0.15, -0.1) is 12.4 Å². The molecule has 7 heteroatoms. The second-order valence-electron chi connectivity index (χ2n) is 6.43. The first-order valence-electron chi connectivity index (χ1n) is 9.06. The van der Waals surface area contributed by atoms with Crippen molar-refractivity contribution in [3.8, 4) is 11.5 Å². The van der Waals surface area contributed by atoms with Gasteiger partial charge >= 0.3 is 0 Å². The van der Waals surface area contributed by atoms with E-state index in [1.807, 2.05) is 30.6 Å². The van der Waals surface area contributed by atoms with Gasteiger partial charge < -0.3 is 14.8 Å². The summed E-state index contributed by atoms with van der Waals surface area (Å²) < 4.78 is 11.3. The monoisotopic (exact) mass is 411 g/mol. The molecule has 1 atom stereocenters. The molecule has 5 nitrogen and oxygen atoms in total. The molecule has 148 valence electrons. The number of piperazine rings is 1. The number of benzene rings is 1. The molecular weight excluding hydrogens is 385 g/mol. The van der Waals surface area contributed by atoms with Gasteiger partial charge in [0, 0.05) is 44.6 Å². The molecule has 1 aliphatic rings. The number of hydrogen-bond acceptors (Lipinski definition) is 5. The molecule has 0 bridgehead atoms. The number of ether oxygens (including phenoxy) is 2. The zero-order valence-corrected chi connectivity index (χ0v) is 17.4. The van der Waals surface area contributed by atoms with Gasteiger partial charge in [0.25, 0.3) is 0 Å². The number of nitrogens with zero attached hydrogens (tertiary/aromatic N) is 2. The van der Waals surface area contributed by atoms with Gasteiger partial charge in [0.05, 0.1) is 18.7 Å². The molecule has 0 spiro atoms. The van der Waals surface area contributed by atoms with E-state index in [1.165, 1.54) is 5.56 Å². The number of hydrogen-bond donors (Lipinski definition) is 1. The van der Waals surface area contributed by atoms with E-state index >= 15 is 0 Å². The lowest BCUT2D eigenvalue weighted by Crippen LogP contribution is -2.45. The third kappa shape index (κ3) is 5.48. The zero-order valence-electron chi connectivity index (χ0n) is 15.8. The van der Waals surface area contributed by atoms with E-state index in [4.69, 9.17) is 21.1 Å². The molecule has 1 saturated heterocycles. The van der Waals surface area contributed by atoms with Crippen molar-refractivity contribution in [2.45, 2.75) is 25.9 Å². The lowest BCUT2D eigenvalue weighted by Gasteiger charge is -2.36. The molecule has 1 unspecified atom stereocenters. The Hall–Kier alpha value is -1.53. The number of rotatable bonds is 7. The number of nitrogens with one attached hydrogen (secondary N) is 1. The topological polar surface area (TPSA) is 46.6 Å². The van der Waals surface area contributed by atoms with Gasteiger partial charge in [-0.3, -0.25) is 9.88 Å². The van der Waals surface area contributed by atoms with E-state index < -0.39 is 0 Å². The molecule has 1 N–H and O–H groups in total. The molecule has 1 fully saturated rings. The minimum Gasteiger partial charge on any atom is -0.493 e. The maximum atomic E-state index is 6.47. The Kier molecular flexibility index (Phi) is 8.64. The van der Waals surface area contributed by atoms with Crippen molar-refractivity contribution in [1.82, 2.24) is 15.2 Å². The highest BCUT2D eigenvalue weighted by molar-refractivity contribution is 6.32. The highest BCUT2D eigenvalue weighted by Gasteiger charge is 2.24. The van der Waals surface area contributed by atoms with E-state index in [9.17, 15) is 0 Å². The Bertz CT molecular complexity index is 716.